The minimum atomic E-state index is 0.103. The van der Waals surface area contributed by atoms with Crippen LogP contribution in [0.4, 0.5) is 5.13 Å². The zero-order chi connectivity index (χ0) is 13.9. The van der Waals surface area contributed by atoms with Gasteiger partial charge in [0.2, 0.25) is 0 Å². The fourth-order valence-corrected chi connectivity index (χ4v) is 3.19. The van der Waals surface area contributed by atoms with Crippen LogP contribution < -0.4 is 5.73 Å². The van der Waals surface area contributed by atoms with Crippen molar-refractivity contribution in [3.8, 4) is 0 Å². The first-order valence-corrected chi connectivity index (χ1v) is 7.70. The Morgan fingerprint density at radius 1 is 1.40 bits per heavy atom. The Morgan fingerprint density at radius 3 is 2.90 bits per heavy atom. The molecular weight excluding hydrogens is 294 g/mol. The fraction of sp³-hybridized carbons (Fsp3) is 0.357. The van der Waals surface area contributed by atoms with Gasteiger partial charge in [-0.2, -0.15) is 0 Å². The molecule has 1 saturated heterocycles. The molecule has 4 nitrogen and oxygen atoms in total. The van der Waals surface area contributed by atoms with Gasteiger partial charge >= 0.3 is 0 Å². The molecule has 0 saturated carbocycles. The molecule has 1 aliphatic rings. The number of morpholine rings is 1. The maximum atomic E-state index is 5.92. The zero-order valence-corrected chi connectivity index (χ0v) is 12.5. The van der Waals surface area contributed by atoms with E-state index in [-0.39, 0.29) is 6.10 Å². The van der Waals surface area contributed by atoms with Crippen molar-refractivity contribution in [3.05, 3.63) is 45.9 Å². The minimum Gasteiger partial charge on any atom is -0.375 e. The van der Waals surface area contributed by atoms with Crippen LogP contribution in [0.1, 0.15) is 16.5 Å². The second-order valence-electron chi connectivity index (χ2n) is 4.81. The lowest BCUT2D eigenvalue weighted by Crippen LogP contribution is -2.37. The van der Waals surface area contributed by atoms with Crippen molar-refractivity contribution in [1.29, 1.82) is 0 Å². The normalized spacial score (nSPS) is 20.1. The van der Waals surface area contributed by atoms with Crippen molar-refractivity contribution in [3.63, 3.8) is 0 Å². The maximum Gasteiger partial charge on any atom is 0.180 e. The highest BCUT2D eigenvalue weighted by Crippen LogP contribution is 2.25. The van der Waals surface area contributed by atoms with Gasteiger partial charge in [-0.05, 0) is 17.7 Å². The smallest absolute Gasteiger partial charge is 0.180 e. The third-order valence-corrected chi connectivity index (χ3v) is 4.41. The molecule has 0 radical (unpaired) electrons. The van der Waals surface area contributed by atoms with Gasteiger partial charge in [-0.25, -0.2) is 4.98 Å². The first-order chi connectivity index (χ1) is 9.70. The molecule has 2 heterocycles. The van der Waals surface area contributed by atoms with Crippen LogP contribution >= 0.6 is 22.9 Å². The number of rotatable bonds is 3. The van der Waals surface area contributed by atoms with Crippen LogP contribution in [-0.4, -0.2) is 29.6 Å². The number of ether oxygens (including phenoxy) is 1. The van der Waals surface area contributed by atoms with E-state index >= 15 is 0 Å². The third kappa shape index (κ3) is 3.30. The summed E-state index contributed by atoms with van der Waals surface area (Å²) in [6.45, 7) is 3.42. The number of thiazole rings is 1. The molecule has 1 atom stereocenters. The molecule has 6 heteroatoms. The molecule has 2 N–H and O–H groups in total. The van der Waals surface area contributed by atoms with Gasteiger partial charge in [-0.1, -0.05) is 23.7 Å². The van der Waals surface area contributed by atoms with Crippen molar-refractivity contribution in [2.45, 2.75) is 12.6 Å². The topological polar surface area (TPSA) is 51.4 Å². The van der Waals surface area contributed by atoms with Crippen molar-refractivity contribution in [2.24, 2.45) is 0 Å². The summed E-state index contributed by atoms with van der Waals surface area (Å²) in [5, 5.41) is 1.38. The Morgan fingerprint density at radius 2 is 2.20 bits per heavy atom. The number of nitrogen functional groups attached to an aromatic ring is 1. The molecule has 0 bridgehead atoms. The van der Waals surface area contributed by atoms with Crippen molar-refractivity contribution >= 4 is 28.1 Å². The summed E-state index contributed by atoms with van der Waals surface area (Å²) in [7, 11) is 0. The van der Waals surface area contributed by atoms with E-state index in [2.05, 4.69) is 9.88 Å². The minimum absolute atomic E-state index is 0.103. The maximum absolute atomic E-state index is 5.92. The Hall–Kier alpha value is -1.14. The van der Waals surface area contributed by atoms with E-state index in [4.69, 9.17) is 22.1 Å². The number of halogens is 1. The predicted molar refractivity (Wildman–Crippen MR) is 81.9 cm³/mol. The van der Waals surface area contributed by atoms with Crippen LogP contribution in [0.2, 0.25) is 5.02 Å². The predicted octanol–water partition coefficient (Wildman–Crippen LogP) is 2.95. The molecule has 2 aromatic rings. The number of benzene rings is 1. The summed E-state index contributed by atoms with van der Waals surface area (Å²) in [5.41, 5.74) is 6.84. The van der Waals surface area contributed by atoms with Crippen LogP contribution in [-0.2, 0) is 11.3 Å². The number of hydrogen-bond donors (Lipinski definition) is 1. The Kier molecular flexibility index (Phi) is 4.21. The lowest BCUT2D eigenvalue weighted by molar-refractivity contribution is -0.0326. The first kappa shape index (κ1) is 13.8. The molecule has 1 fully saturated rings. The quantitative estimate of drug-likeness (QED) is 0.947. The SMILES string of the molecule is Nc1ncc(CN2CCOC(c3ccc(Cl)cc3)C2)s1. The number of nitrogens with two attached hydrogens (primary N) is 1. The van der Waals surface area contributed by atoms with Crippen molar-refractivity contribution in [1.82, 2.24) is 9.88 Å². The van der Waals surface area contributed by atoms with Crippen LogP contribution in [0.25, 0.3) is 0 Å². The van der Waals surface area contributed by atoms with Gasteiger partial charge in [0, 0.05) is 35.7 Å². The summed E-state index contributed by atoms with van der Waals surface area (Å²) < 4.78 is 5.86. The Labute approximate surface area is 127 Å². The van der Waals surface area contributed by atoms with E-state index in [0.29, 0.717) is 5.13 Å². The molecular formula is C14H16ClN3OS. The van der Waals surface area contributed by atoms with E-state index in [1.54, 1.807) is 11.3 Å². The van der Waals surface area contributed by atoms with E-state index in [0.717, 1.165) is 31.3 Å². The lowest BCUT2D eigenvalue weighted by Gasteiger charge is -2.32. The van der Waals surface area contributed by atoms with Gasteiger partial charge in [0.25, 0.3) is 0 Å². The standard InChI is InChI=1S/C14H16ClN3OS/c15-11-3-1-10(2-4-11)13-9-18(5-6-19-13)8-12-7-17-14(16)20-12/h1-4,7,13H,5-6,8-9H2,(H2,16,17). The molecule has 1 unspecified atom stereocenters. The molecule has 0 aliphatic carbocycles. The fourth-order valence-electron chi connectivity index (χ4n) is 2.34. The highest BCUT2D eigenvalue weighted by Gasteiger charge is 2.22. The largest absolute Gasteiger partial charge is 0.375 e. The van der Waals surface area contributed by atoms with Crippen molar-refractivity contribution in [2.75, 3.05) is 25.4 Å². The summed E-state index contributed by atoms with van der Waals surface area (Å²) >= 11 is 7.47. The van der Waals surface area contributed by atoms with Crippen molar-refractivity contribution < 1.29 is 4.74 Å². The molecule has 3 rings (SSSR count). The molecule has 0 spiro atoms. The van der Waals surface area contributed by atoms with Gasteiger partial charge in [-0.15, -0.1) is 11.3 Å². The summed E-state index contributed by atoms with van der Waals surface area (Å²) in [5.74, 6) is 0. The average Bonchev–Trinajstić information content (AvgIpc) is 2.85. The van der Waals surface area contributed by atoms with Crippen LogP contribution in [0.3, 0.4) is 0 Å². The highest BCUT2D eigenvalue weighted by atomic mass is 35.5. The van der Waals surface area contributed by atoms with Gasteiger partial charge in [-0.3, -0.25) is 4.90 Å². The second kappa shape index (κ2) is 6.10. The Bertz CT molecular complexity index is 572. The van der Waals surface area contributed by atoms with Gasteiger partial charge in [0.05, 0.1) is 12.7 Å². The monoisotopic (exact) mass is 309 g/mol. The van der Waals surface area contributed by atoms with Crippen LogP contribution in [0.5, 0.6) is 0 Å². The molecule has 1 aromatic carbocycles. The van der Waals surface area contributed by atoms with Crippen LogP contribution in [0.15, 0.2) is 30.5 Å². The zero-order valence-electron chi connectivity index (χ0n) is 11.0. The summed E-state index contributed by atoms with van der Waals surface area (Å²) in [6.07, 6.45) is 1.96. The number of nitrogens with zero attached hydrogens (tertiary/aromatic N) is 2. The lowest BCUT2D eigenvalue weighted by atomic mass is 10.1. The van der Waals surface area contributed by atoms with Gasteiger partial charge in [0.15, 0.2) is 5.13 Å². The number of hydrogen-bond acceptors (Lipinski definition) is 5. The summed E-state index contributed by atoms with van der Waals surface area (Å²) in [6, 6.07) is 7.87. The summed E-state index contributed by atoms with van der Waals surface area (Å²) in [4.78, 5) is 7.66. The number of anilines is 1. The number of aromatic nitrogens is 1. The highest BCUT2D eigenvalue weighted by molar-refractivity contribution is 7.15. The molecule has 0 amide bonds. The van der Waals surface area contributed by atoms with Crippen LogP contribution in [0, 0.1) is 0 Å². The third-order valence-electron chi connectivity index (χ3n) is 3.34. The molecule has 1 aromatic heterocycles. The second-order valence-corrected chi connectivity index (χ2v) is 6.39. The Balaban J connectivity index is 1.65. The van der Waals surface area contributed by atoms with Gasteiger partial charge < -0.3 is 10.5 Å². The van der Waals surface area contributed by atoms with E-state index in [1.807, 2.05) is 30.5 Å². The molecule has 106 valence electrons. The molecule has 20 heavy (non-hydrogen) atoms. The van der Waals surface area contributed by atoms with E-state index in [9.17, 15) is 0 Å². The first-order valence-electron chi connectivity index (χ1n) is 6.50. The van der Waals surface area contributed by atoms with E-state index < -0.39 is 0 Å². The van der Waals surface area contributed by atoms with Gasteiger partial charge in [0.1, 0.15) is 0 Å². The van der Waals surface area contributed by atoms with E-state index in [1.165, 1.54) is 10.4 Å². The molecule has 1 aliphatic heterocycles. The average molecular weight is 310 g/mol.